The molecule has 1 fully saturated rings. The van der Waals surface area contributed by atoms with Gasteiger partial charge in [-0.15, -0.1) is 10.2 Å². The molecule has 3 N–H and O–H groups in total. The molecule has 2 aromatic rings. The van der Waals surface area contributed by atoms with Crippen LogP contribution in [-0.4, -0.2) is 43.9 Å². The zero-order valence-electron chi connectivity index (χ0n) is 12.2. The van der Waals surface area contributed by atoms with E-state index in [1.807, 2.05) is 11.6 Å². The third-order valence-electron chi connectivity index (χ3n) is 3.54. The van der Waals surface area contributed by atoms with Crippen molar-refractivity contribution < 1.29 is 9.32 Å². The number of rotatable bonds is 5. The van der Waals surface area contributed by atoms with Crippen molar-refractivity contribution in [2.75, 3.05) is 13.1 Å². The van der Waals surface area contributed by atoms with E-state index >= 15 is 0 Å². The number of hydrogen-bond acceptors (Lipinski definition) is 8. The molecular formula is C12H17N7O2S. The predicted octanol–water partition coefficient (Wildman–Crippen LogP) is 0.0563. The molecule has 0 radical (unpaired) electrons. The van der Waals surface area contributed by atoms with Gasteiger partial charge in [0.1, 0.15) is 5.82 Å². The number of nitrogens with zero attached hydrogens (tertiary/aromatic N) is 5. The maximum atomic E-state index is 10.9. The van der Waals surface area contributed by atoms with Gasteiger partial charge >= 0.3 is 11.8 Å². The average Bonchev–Trinajstić information content (AvgIpc) is 3.13. The third-order valence-corrected chi connectivity index (χ3v) is 4.56. The van der Waals surface area contributed by atoms with Crippen molar-refractivity contribution in [2.24, 2.45) is 12.8 Å². The summed E-state index contributed by atoms with van der Waals surface area (Å²) in [5, 5.41) is 16.4. The van der Waals surface area contributed by atoms with Crippen molar-refractivity contribution in [1.82, 2.24) is 30.2 Å². The first-order chi connectivity index (χ1) is 10.6. The van der Waals surface area contributed by atoms with Crippen molar-refractivity contribution in [2.45, 2.75) is 29.7 Å². The van der Waals surface area contributed by atoms with Gasteiger partial charge in [-0.2, -0.15) is 4.98 Å². The normalized spacial score (nSPS) is 18.5. The Morgan fingerprint density at radius 1 is 1.55 bits per heavy atom. The van der Waals surface area contributed by atoms with E-state index in [2.05, 4.69) is 25.7 Å². The first kappa shape index (κ1) is 15.0. The van der Waals surface area contributed by atoms with Gasteiger partial charge in [-0.25, -0.2) is 0 Å². The summed E-state index contributed by atoms with van der Waals surface area (Å²) < 4.78 is 6.74. The molecule has 1 amide bonds. The molecule has 0 aromatic carbocycles. The lowest BCUT2D eigenvalue weighted by Gasteiger charge is -2.21. The Labute approximate surface area is 131 Å². The van der Waals surface area contributed by atoms with Gasteiger partial charge in [0.05, 0.1) is 5.75 Å². The molecule has 2 aromatic heterocycles. The number of primary amides is 1. The second kappa shape index (κ2) is 6.44. The minimum absolute atomic E-state index is 0.178. The van der Waals surface area contributed by atoms with Gasteiger partial charge in [-0.05, 0) is 19.4 Å². The predicted molar refractivity (Wildman–Crippen MR) is 78.2 cm³/mol. The van der Waals surface area contributed by atoms with Gasteiger partial charge in [0.25, 0.3) is 0 Å². The summed E-state index contributed by atoms with van der Waals surface area (Å²) in [6, 6.07) is 0. The fourth-order valence-corrected chi connectivity index (χ4v) is 3.18. The van der Waals surface area contributed by atoms with Crippen molar-refractivity contribution in [3.05, 3.63) is 17.5 Å². The van der Waals surface area contributed by atoms with Crippen LogP contribution in [0.4, 0.5) is 0 Å². The molecule has 0 spiro atoms. The van der Waals surface area contributed by atoms with E-state index in [1.54, 1.807) is 0 Å². The van der Waals surface area contributed by atoms with Crippen LogP contribution in [0.2, 0.25) is 0 Å². The maximum Gasteiger partial charge on any atom is 0.315 e. The average molecular weight is 323 g/mol. The van der Waals surface area contributed by atoms with Crippen LogP contribution in [0.1, 0.15) is 41.1 Å². The number of thioether (sulfide) groups is 1. The first-order valence-electron chi connectivity index (χ1n) is 7.00. The number of nitrogens with two attached hydrogens (primary N) is 1. The fourth-order valence-electron chi connectivity index (χ4n) is 2.42. The van der Waals surface area contributed by atoms with Crippen LogP contribution in [0, 0.1) is 0 Å². The molecule has 3 heterocycles. The summed E-state index contributed by atoms with van der Waals surface area (Å²) in [5.74, 6) is 1.32. The van der Waals surface area contributed by atoms with E-state index in [0.717, 1.165) is 36.9 Å². The smallest absolute Gasteiger partial charge is 0.315 e. The molecule has 1 saturated heterocycles. The Morgan fingerprint density at radius 2 is 2.41 bits per heavy atom. The standard InChI is InChI=1S/C12H17N7O2S/c1-19-10(7-3-2-4-14-5-7)16-17-12(19)22-6-8-15-11(9(13)20)21-18-8/h7,14H,2-6H2,1H3,(H2,13,20). The van der Waals surface area contributed by atoms with Crippen molar-refractivity contribution in [3.63, 3.8) is 0 Å². The Hall–Kier alpha value is -1.94. The highest BCUT2D eigenvalue weighted by atomic mass is 32.2. The van der Waals surface area contributed by atoms with Crippen LogP contribution in [0.15, 0.2) is 9.68 Å². The maximum absolute atomic E-state index is 10.9. The lowest BCUT2D eigenvalue weighted by atomic mass is 9.99. The number of carbonyl (C=O) groups is 1. The lowest BCUT2D eigenvalue weighted by molar-refractivity contribution is 0.0958. The summed E-state index contributed by atoms with van der Waals surface area (Å²) >= 11 is 1.44. The molecule has 22 heavy (non-hydrogen) atoms. The van der Waals surface area contributed by atoms with Crippen LogP contribution in [0.5, 0.6) is 0 Å². The summed E-state index contributed by atoms with van der Waals surface area (Å²) in [5.41, 5.74) is 5.07. The molecule has 1 aliphatic rings. The molecule has 1 atom stereocenters. The Balaban J connectivity index is 1.65. The quantitative estimate of drug-likeness (QED) is 0.740. The first-order valence-corrected chi connectivity index (χ1v) is 7.99. The van der Waals surface area contributed by atoms with Crippen LogP contribution in [-0.2, 0) is 12.8 Å². The van der Waals surface area contributed by atoms with Crippen LogP contribution >= 0.6 is 11.8 Å². The topological polar surface area (TPSA) is 125 Å². The summed E-state index contributed by atoms with van der Waals surface area (Å²) in [7, 11) is 1.96. The SMILES string of the molecule is Cn1c(SCc2noc(C(N)=O)n2)nnc1C1CCCNC1. The number of nitrogens with one attached hydrogen (secondary N) is 1. The molecule has 3 rings (SSSR count). The second-order valence-corrected chi connectivity index (χ2v) is 6.05. The van der Waals surface area contributed by atoms with Gasteiger partial charge in [0.15, 0.2) is 11.0 Å². The van der Waals surface area contributed by atoms with Gasteiger partial charge in [-0.1, -0.05) is 16.9 Å². The van der Waals surface area contributed by atoms with Crippen molar-refractivity contribution in [3.8, 4) is 0 Å². The fraction of sp³-hybridized carbons (Fsp3) is 0.583. The van der Waals surface area contributed by atoms with E-state index in [9.17, 15) is 4.79 Å². The summed E-state index contributed by atoms with van der Waals surface area (Å²) in [4.78, 5) is 14.8. The zero-order valence-corrected chi connectivity index (χ0v) is 13.0. The highest BCUT2D eigenvalue weighted by Gasteiger charge is 2.22. The molecule has 118 valence electrons. The number of piperidine rings is 1. The van der Waals surface area contributed by atoms with Gasteiger partial charge < -0.3 is 20.1 Å². The Morgan fingerprint density at radius 3 is 3.09 bits per heavy atom. The van der Waals surface area contributed by atoms with E-state index in [1.165, 1.54) is 11.8 Å². The molecule has 1 aliphatic heterocycles. The highest BCUT2D eigenvalue weighted by Crippen LogP contribution is 2.26. The number of hydrogen-bond donors (Lipinski definition) is 2. The minimum Gasteiger partial charge on any atom is -0.361 e. The Kier molecular flexibility index (Phi) is 4.39. The van der Waals surface area contributed by atoms with Gasteiger partial charge in [0.2, 0.25) is 0 Å². The van der Waals surface area contributed by atoms with E-state index in [-0.39, 0.29) is 5.89 Å². The highest BCUT2D eigenvalue weighted by molar-refractivity contribution is 7.98. The number of aromatic nitrogens is 5. The molecule has 10 heteroatoms. The van der Waals surface area contributed by atoms with E-state index in [0.29, 0.717) is 17.5 Å². The van der Waals surface area contributed by atoms with Gasteiger partial charge in [0, 0.05) is 19.5 Å². The second-order valence-electron chi connectivity index (χ2n) is 5.11. The van der Waals surface area contributed by atoms with E-state index in [4.69, 9.17) is 10.3 Å². The lowest BCUT2D eigenvalue weighted by Crippen LogP contribution is -2.29. The molecule has 9 nitrogen and oxygen atoms in total. The Bertz CT molecular complexity index is 662. The number of carbonyl (C=O) groups excluding carboxylic acids is 1. The minimum atomic E-state index is -0.727. The van der Waals surface area contributed by atoms with Gasteiger partial charge in [-0.3, -0.25) is 4.79 Å². The molecular weight excluding hydrogens is 306 g/mol. The monoisotopic (exact) mass is 323 g/mol. The van der Waals surface area contributed by atoms with E-state index < -0.39 is 5.91 Å². The van der Waals surface area contributed by atoms with Crippen LogP contribution < -0.4 is 11.1 Å². The molecule has 0 saturated carbocycles. The summed E-state index contributed by atoms with van der Waals surface area (Å²) in [6.07, 6.45) is 2.27. The van der Waals surface area contributed by atoms with Crippen LogP contribution in [0.3, 0.4) is 0 Å². The van der Waals surface area contributed by atoms with Crippen molar-refractivity contribution in [1.29, 1.82) is 0 Å². The zero-order chi connectivity index (χ0) is 15.5. The largest absolute Gasteiger partial charge is 0.361 e. The molecule has 1 unspecified atom stereocenters. The summed E-state index contributed by atoms with van der Waals surface area (Å²) in [6.45, 7) is 2.00. The molecule has 0 bridgehead atoms. The number of amides is 1. The molecule has 0 aliphatic carbocycles. The van der Waals surface area contributed by atoms with Crippen LogP contribution in [0.25, 0.3) is 0 Å². The van der Waals surface area contributed by atoms with Crippen molar-refractivity contribution >= 4 is 17.7 Å². The third kappa shape index (κ3) is 3.12.